The van der Waals surface area contributed by atoms with Gasteiger partial charge in [0.25, 0.3) is 0 Å². The minimum absolute atomic E-state index is 0.725. The number of fused-ring (bicyclic) bond motifs is 8. The van der Waals surface area contributed by atoms with Gasteiger partial charge < -0.3 is 14.7 Å². The summed E-state index contributed by atoms with van der Waals surface area (Å²) in [5.74, 6) is 0.880. The molecule has 8 heteroatoms. The fourth-order valence-electron chi connectivity index (χ4n) is 9.18. The van der Waals surface area contributed by atoms with Crippen molar-refractivity contribution in [2.75, 3.05) is 6.61 Å². The van der Waals surface area contributed by atoms with Crippen LogP contribution in [0.25, 0.3) is 90.9 Å². The number of hydrogen-bond donors (Lipinski definition) is 2. The third kappa shape index (κ3) is 10.6. The first kappa shape index (κ1) is 43.3. The largest absolute Gasteiger partial charge is 0.494 e. The van der Waals surface area contributed by atoms with E-state index in [4.69, 9.17) is 14.7 Å². The smallest absolute Gasteiger partial charge is 0.119 e. The maximum absolute atomic E-state index is 6.30. The summed E-state index contributed by atoms with van der Waals surface area (Å²) in [5.41, 5.74) is 15.2. The Labute approximate surface area is 383 Å². The highest BCUT2D eigenvalue weighted by atomic mass is 16.5. The Balaban J connectivity index is 1.04. The van der Waals surface area contributed by atoms with Crippen molar-refractivity contribution in [2.24, 2.45) is 0 Å². The van der Waals surface area contributed by atoms with Gasteiger partial charge in [0.15, 0.2) is 0 Å². The molecule has 0 radical (unpaired) electrons. The maximum Gasteiger partial charge on any atom is 0.119 e. The van der Waals surface area contributed by atoms with Crippen molar-refractivity contribution >= 4 is 46.4 Å². The number of ether oxygens (including phenoxy) is 1. The minimum atomic E-state index is 0.725. The van der Waals surface area contributed by atoms with Crippen LogP contribution in [0.15, 0.2) is 122 Å². The molecule has 1 aromatic carbocycles. The van der Waals surface area contributed by atoms with Crippen LogP contribution in [0.4, 0.5) is 0 Å². The number of unbranched alkanes of at least 4 members (excludes halogenated alkanes) is 13. The summed E-state index contributed by atoms with van der Waals surface area (Å²) in [6, 6.07) is 29.3. The zero-order valence-electron chi connectivity index (χ0n) is 37.6. The number of hydrogen-bond acceptors (Lipinski definition) is 6. The second-order valence-corrected chi connectivity index (χ2v) is 17.2. The van der Waals surface area contributed by atoms with Crippen molar-refractivity contribution in [3.8, 4) is 50.3 Å². The molecule has 0 spiro atoms. The van der Waals surface area contributed by atoms with Crippen molar-refractivity contribution < 1.29 is 4.74 Å². The summed E-state index contributed by atoms with van der Waals surface area (Å²) < 4.78 is 6.30. The van der Waals surface area contributed by atoms with Gasteiger partial charge in [-0.1, -0.05) is 103 Å². The van der Waals surface area contributed by atoms with E-state index in [0.29, 0.717) is 0 Å². The van der Waals surface area contributed by atoms with E-state index >= 15 is 0 Å². The van der Waals surface area contributed by atoms with Crippen molar-refractivity contribution in [1.29, 1.82) is 0 Å². The predicted octanol–water partition coefficient (Wildman–Crippen LogP) is 15.4. The Hall–Kier alpha value is -6.93. The summed E-state index contributed by atoms with van der Waals surface area (Å²) in [6.45, 7) is 3.01. The third-order valence-electron chi connectivity index (χ3n) is 12.6. The number of aromatic amines is 2. The molecule has 6 aromatic heterocycles. The molecule has 2 N–H and O–H groups in total. The van der Waals surface area contributed by atoms with E-state index < -0.39 is 0 Å². The molecule has 0 amide bonds. The number of benzene rings is 1. The van der Waals surface area contributed by atoms with Crippen LogP contribution in [-0.4, -0.2) is 41.5 Å². The molecule has 0 fully saturated rings. The fourth-order valence-corrected chi connectivity index (χ4v) is 9.18. The molecule has 8 heterocycles. The average Bonchev–Trinajstić information content (AvgIpc) is 4.20. The van der Waals surface area contributed by atoms with Crippen LogP contribution in [0.1, 0.15) is 120 Å². The van der Waals surface area contributed by atoms with Gasteiger partial charge in [-0.2, -0.15) is 0 Å². The average molecular weight is 858 g/mol. The lowest BCUT2D eigenvalue weighted by atomic mass is 10.0. The molecule has 65 heavy (non-hydrogen) atoms. The highest BCUT2D eigenvalue weighted by Gasteiger charge is 2.19. The van der Waals surface area contributed by atoms with Crippen LogP contribution < -0.4 is 4.74 Å². The molecule has 0 saturated carbocycles. The van der Waals surface area contributed by atoms with Crippen LogP contribution >= 0.6 is 0 Å². The molecule has 328 valence electrons. The van der Waals surface area contributed by atoms with E-state index in [1.54, 1.807) is 0 Å². The number of pyridine rings is 3. The third-order valence-corrected chi connectivity index (χ3v) is 12.6. The zero-order chi connectivity index (χ0) is 44.0. The lowest BCUT2D eigenvalue weighted by Crippen LogP contribution is -1.97. The standard InChI is InChI=1S/C57H59N7O/c1-2-3-4-5-6-7-8-9-10-11-12-13-14-15-40-65-45-18-16-41(17-19-45)54-46-20-22-48(61-46)55(42-28-34-58-35-29-42)50-24-26-52(63-50)57(44-32-38-60-39-33-44)53-27-25-51(64-53)56(43-30-36-59-37-31-43)49-23-21-47(54)62-49/h16-39,61,64H,2-15,40H2,1H3. The lowest BCUT2D eigenvalue weighted by Gasteiger charge is -2.09. The maximum atomic E-state index is 6.30. The SMILES string of the molecule is CCCCCCCCCCCCCCCCOc1ccc(-c2c3nc(c(-c4ccncc4)c4ccc([nH]4)c(-c4ccncc4)c4nc(c(-c5ccncc5)c5ccc2[nH]5)C=C4)C=C3)cc1. The van der Waals surface area contributed by atoms with E-state index in [-0.39, 0.29) is 0 Å². The summed E-state index contributed by atoms with van der Waals surface area (Å²) in [7, 11) is 0. The molecular weight excluding hydrogens is 799 g/mol. The van der Waals surface area contributed by atoms with Gasteiger partial charge in [0.1, 0.15) is 5.75 Å². The molecule has 0 atom stereocenters. The van der Waals surface area contributed by atoms with Gasteiger partial charge >= 0.3 is 0 Å². The molecule has 2 aliphatic rings. The van der Waals surface area contributed by atoms with Crippen LogP contribution in [-0.2, 0) is 0 Å². The molecule has 7 aromatic rings. The van der Waals surface area contributed by atoms with E-state index in [9.17, 15) is 0 Å². The second kappa shape index (κ2) is 21.6. The monoisotopic (exact) mass is 857 g/mol. The molecule has 9 rings (SSSR count). The Bertz CT molecular complexity index is 2840. The Kier molecular flexibility index (Phi) is 14.4. The Morgan fingerprint density at radius 2 is 0.662 bits per heavy atom. The topological polar surface area (TPSA) is 105 Å². The van der Waals surface area contributed by atoms with Gasteiger partial charge in [-0.25, -0.2) is 9.97 Å². The van der Waals surface area contributed by atoms with Gasteiger partial charge in [0.2, 0.25) is 0 Å². The first-order valence-electron chi connectivity index (χ1n) is 23.8. The normalized spacial score (nSPS) is 12.0. The molecular formula is C57H59N7O. The van der Waals surface area contributed by atoms with Gasteiger partial charge in [0, 0.05) is 81.5 Å². The van der Waals surface area contributed by atoms with Gasteiger partial charge in [-0.15, -0.1) is 0 Å². The van der Waals surface area contributed by atoms with Crippen LogP contribution in [0.2, 0.25) is 0 Å². The van der Waals surface area contributed by atoms with E-state index in [1.165, 1.54) is 83.5 Å². The first-order chi connectivity index (χ1) is 32.2. The van der Waals surface area contributed by atoms with Crippen LogP contribution in [0.3, 0.4) is 0 Å². The van der Waals surface area contributed by atoms with Crippen molar-refractivity contribution in [3.05, 3.63) is 145 Å². The van der Waals surface area contributed by atoms with Gasteiger partial charge in [0.05, 0.1) is 29.4 Å². The molecule has 0 unspecified atom stereocenters. The van der Waals surface area contributed by atoms with E-state index in [2.05, 4.69) is 105 Å². The number of rotatable bonds is 20. The van der Waals surface area contributed by atoms with Crippen LogP contribution in [0.5, 0.6) is 5.75 Å². The molecule has 2 aliphatic heterocycles. The quantitative estimate of drug-likeness (QED) is 0.0740. The number of nitrogens with one attached hydrogen (secondary N) is 2. The predicted molar refractivity (Wildman–Crippen MR) is 270 cm³/mol. The minimum Gasteiger partial charge on any atom is -0.494 e. The van der Waals surface area contributed by atoms with E-state index in [0.717, 1.165) is 108 Å². The molecule has 8 bridgehead atoms. The number of nitrogens with zero attached hydrogens (tertiary/aromatic N) is 5. The Morgan fingerprint density at radius 1 is 0.354 bits per heavy atom. The number of aromatic nitrogens is 7. The van der Waals surface area contributed by atoms with Crippen molar-refractivity contribution in [2.45, 2.75) is 96.8 Å². The fraction of sp³-hybridized carbons (Fsp3) is 0.281. The van der Waals surface area contributed by atoms with Crippen molar-refractivity contribution in [1.82, 2.24) is 34.9 Å². The van der Waals surface area contributed by atoms with Gasteiger partial charge in [-0.05, 0) is 126 Å². The number of H-pyrrole nitrogens is 2. The lowest BCUT2D eigenvalue weighted by molar-refractivity contribution is 0.304. The summed E-state index contributed by atoms with van der Waals surface area (Å²) >= 11 is 0. The molecule has 8 nitrogen and oxygen atoms in total. The highest BCUT2D eigenvalue weighted by Crippen LogP contribution is 2.38. The summed E-state index contributed by atoms with van der Waals surface area (Å²) in [5, 5.41) is 0. The first-order valence-corrected chi connectivity index (χ1v) is 23.8. The summed E-state index contributed by atoms with van der Waals surface area (Å²) in [6.07, 6.45) is 38.2. The summed E-state index contributed by atoms with van der Waals surface area (Å²) in [4.78, 5) is 31.4. The van der Waals surface area contributed by atoms with Crippen molar-refractivity contribution in [3.63, 3.8) is 0 Å². The van der Waals surface area contributed by atoms with Crippen LogP contribution in [0, 0.1) is 0 Å². The van der Waals surface area contributed by atoms with Gasteiger partial charge in [-0.3, -0.25) is 15.0 Å². The van der Waals surface area contributed by atoms with E-state index in [1.807, 2.05) is 73.6 Å². The highest BCUT2D eigenvalue weighted by molar-refractivity contribution is 5.99. The molecule has 0 saturated heterocycles. The second-order valence-electron chi connectivity index (χ2n) is 17.2. The zero-order valence-corrected chi connectivity index (χ0v) is 37.6. The molecule has 0 aliphatic carbocycles. The Morgan fingerprint density at radius 3 is 1.00 bits per heavy atom.